The van der Waals surface area contributed by atoms with Gasteiger partial charge in [-0.15, -0.1) is 0 Å². The normalized spacial score (nSPS) is 9.38. The molecule has 0 aliphatic rings. The van der Waals surface area contributed by atoms with Crippen LogP contribution in [0.15, 0.2) is 0 Å². The van der Waals surface area contributed by atoms with Crippen molar-refractivity contribution in [1.82, 2.24) is 10.6 Å². The number of amides is 2. The van der Waals surface area contributed by atoms with Crippen LogP contribution < -0.4 is 16.4 Å². The average Bonchev–Trinajstić information content (AvgIpc) is 2.14. The summed E-state index contributed by atoms with van der Waals surface area (Å²) in [5, 5.41) is 5.02. The Labute approximate surface area is 81.8 Å². The zero-order chi connectivity index (χ0) is 10.1. The van der Waals surface area contributed by atoms with Crippen LogP contribution >= 0.6 is 11.8 Å². The smallest absolute Gasteiger partial charge is 0.239 e. The lowest BCUT2D eigenvalue weighted by molar-refractivity contribution is -0.125. The van der Waals surface area contributed by atoms with Crippen molar-refractivity contribution in [3.63, 3.8) is 0 Å². The highest BCUT2D eigenvalue weighted by Crippen LogP contribution is 1.86. The third-order valence-electron chi connectivity index (χ3n) is 1.26. The van der Waals surface area contributed by atoms with E-state index in [-0.39, 0.29) is 24.9 Å². The summed E-state index contributed by atoms with van der Waals surface area (Å²) < 4.78 is 0. The first-order chi connectivity index (χ1) is 6.20. The number of carbonyl (C=O) groups excluding carboxylic acids is 2. The highest BCUT2D eigenvalue weighted by molar-refractivity contribution is 7.98. The van der Waals surface area contributed by atoms with E-state index in [1.165, 1.54) is 0 Å². The lowest BCUT2D eigenvalue weighted by atomic mass is 10.5. The molecule has 0 aliphatic heterocycles. The minimum Gasteiger partial charge on any atom is -0.354 e. The number of nitrogens with one attached hydrogen (secondary N) is 2. The number of thioether (sulfide) groups is 1. The maximum atomic E-state index is 11.0. The molecule has 13 heavy (non-hydrogen) atoms. The van der Waals surface area contributed by atoms with E-state index >= 15 is 0 Å². The molecule has 4 N–H and O–H groups in total. The zero-order valence-electron chi connectivity index (χ0n) is 7.63. The molecule has 0 aliphatic carbocycles. The van der Waals surface area contributed by atoms with Crippen LogP contribution in [0.25, 0.3) is 0 Å². The summed E-state index contributed by atoms with van der Waals surface area (Å²) in [6, 6.07) is 0. The molecule has 0 aromatic carbocycles. The molecule has 0 heterocycles. The topological polar surface area (TPSA) is 84.2 Å². The van der Waals surface area contributed by atoms with Gasteiger partial charge < -0.3 is 16.4 Å². The lowest BCUT2D eigenvalue weighted by Gasteiger charge is -2.04. The number of carbonyl (C=O) groups is 2. The largest absolute Gasteiger partial charge is 0.354 e. The number of rotatable bonds is 6. The van der Waals surface area contributed by atoms with Gasteiger partial charge in [0, 0.05) is 12.3 Å². The maximum absolute atomic E-state index is 11.0. The highest BCUT2D eigenvalue weighted by Gasteiger charge is 2.01. The van der Waals surface area contributed by atoms with E-state index in [9.17, 15) is 9.59 Å². The Bertz CT molecular complexity index is 175. The molecule has 0 unspecified atom stereocenters. The molecule has 0 radical (unpaired) electrons. The van der Waals surface area contributed by atoms with E-state index in [2.05, 4.69) is 10.6 Å². The fraction of sp³-hybridized carbons (Fsp3) is 0.714. The van der Waals surface area contributed by atoms with Crippen molar-refractivity contribution < 1.29 is 9.59 Å². The summed E-state index contributed by atoms with van der Waals surface area (Å²) in [5.74, 6) is 0.368. The third-order valence-corrected chi connectivity index (χ3v) is 1.87. The third kappa shape index (κ3) is 7.61. The molecule has 0 aromatic heterocycles. The maximum Gasteiger partial charge on any atom is 0.239 e. The quantitative estimate of drug-likeness (QED) is 0.463. The summed E-state index contributed by atoms with van der Waals surface area (Å²) in [7, 11) is 0. The molecule has 0 saturated heterocycles. The van der Waals surface area contributed by atoms with Crippen LogP contribution in [-0.2, 0) is 9.59 Å². The molecule has 2 amide bonds. The summed E-state index contributed by atoms with van der Waals surface area (Å²) >= 11 is 1.65. The molecule has 0 atom stereocenters. The van der Waals surface area contributed by atoms with E-state index in [0.717, 1.165) is 5.75 Å². The molecular weight excluding hydrogens is 190 g/mol. The Balaban J connectivity index is 3.35. The molecule has 0 aromatic rings. The molecule has 0 saturated carbocycles. The molecule has 0 spiro atoms. The van der Waals surface area contributed by atoms with Gasteiger partial charge in [0.25, 0.3) is 0 Å². The van der Waals surface area contributed by atoms with E-state index in [0.29, 0.717) is 6.54 Å². The van der Waals surface area contributed by atoms with Crippen LogP contribution in [0.1, 0.15) is 0 Å². The Morgan fingerprint density at radius 3 is 2.54 bits per heavy atom. The van der Waals surface area contributed by atoms with Crippen LogP contribution in [0.5, 0.6) is 0 Å². The fourth-order valence-electron chi connectivity index (χ4n) is 0.606. The van der Waals surface area contributed by atoms with Crippen LogP contribution in [0.3, 0.4) is 0 Å². The van der Waals surface area contributed by atoms with Crippen molar-refractivity contribution in [3.05, 3.63) is 0 Å². The van der Waals surface area contributed by atoms with Crippen molar-refractivity contribution in [3.8, 4) is 0 Å². The van der Waals surface area contributed by atoms with Crippen LogP contribution in [0, 0.1) is 0 Å². The molecular formula is C7H15N3O2S. The first-order valence-corrected chi connectivity index (χ1v) is 5.32. The average molecular weight is 205 g/mol. The van der Waals surface area contributed by atoms with Gasteiger partial charge in [-0.1, -0.05) is 0 Å². The predicted molar refractivity (Wildman–Crippen MR) is 53.5 cm³/mol. The van der Waals surface area contributed by atoms with E-state index < -0.39 is 0 Å². The standard InChI is InChI=1S/C7H15N3O2S/c1-13-3-2-9-7(12)5-10-6(11)4-8/h2-5,8H2,1H3,(H,9,12)(H,10,11). The number of hydrogen-bond acceptors (Lipinski definition) is 4. The van der Waals surface area contributed by atoms with E-state index in [1.54, 1.807) is 11.8 Å². The second-order valence-corrected chi connectivity index (χ2v) is 3.31. The van der Waals surface area contributed by atoms with Gasteiger partial charge in [-0.25, -0.2) is 0 Å². The Morgan fingerprint density at radius 2 is 2.00 bits per heavy atom. The zero-order valence-corrected chi connectivity index (χ0v) is 8.45. The van der Waals surface area contributed by atoms with Crippen LogP contribution in [-0.4, -0.2) is 43.5 Å². The first kappa shape index (κ1) is 12.2. The van der Waals surface area contributed by atoms with Crippen molar-refractivity contribution in [2.45, 2.75) is 0 Å². The lowest BCUT2D eigenvalue weighted by Crippen LogP contribution is -2.40. The molecule has 5 nitrogen and oxygen atoms in total. The fourth-order valence-corrected chi connectivity index (χ4v) is 0.912. The SMILES string of the molecule is CSCCNC(=O)CNC(=O)CN. The van der Waals surface area contributed by atoms with Crippen LogP contribution in [0.2, 0.25) is 0 Å². The molecule has 6 heteroatoms. The highest BCUT2D eigenvalue weighted by atomic mass is 32.2. The monoisotopic (exact) mass is 205 g/mol. The second-order valence-electron chi connectivity index (χ2n) is 2.32. The van der Waals surface area contributed by atoms with Gasteiger partial charge in [0.05, 0.1) is 13.1 Å². The summed E-state index contributed by atoms with van der Waals surface area (Å²) in [5.41, 5.74) is 5.03. The van der Waals surface area contributed by atoms with Crippen LogP contribution in [0.4, 0.5) is 0 Å². The Morgan fingerprint density at radius 1 is 1.31 bits per heavy atom. The van der Waals surface area contributed by atoms with Gasteiger partial charge in [0.1, 0.15) is 0 Å². The Kier molecular flexibility index (Phi) is 7.42. The minimum absolute atomic E-state index is 0.00438. The van der Waals surface area contributed by atoms with Gasteiger partial charge in [0.2, 0.25) is 11.8 Å². The van der Waals surface area contributed by atoms with Crippen molar-refractivity contribution >= 4 is 23.6 Å². The van der Waals surface area contributed by atoms with E-state index in [1.807, 2.05) is 6.26 Å². The molecule has 76 valence electrons. The molecule has 0 bridgehead atoms. The Hall–Kier alpha value is -0.750. The van der Waals surface area contributed by atoms with Crippen molar-refractivity contribution in [2.75, 3.05) is 31.6 Å². The van der Waals surface area contributed by atoms with Gasteiger partial charge in [0.15, 0.2) is 0 Å². The predicted octanol–water partition coefficient (Wildman–Crippen LogP) is -1.46. The van der Waals surface area contributed by atoms with Gasteiger partial charge >= 0.3 is 0 Å². The molecule has 0 fully saturated rings. The summed E-state index contributed by atoms with van der Waals surface area (Å²) in [4.78, 5) is 21.6. The van der Waals surface area contributed by atoms with Gasteiger partial charge in [-0.3, -0.25) is 9.59 Å². The first-order valence-electron chi connectivity index (χ1n) is 3.93. The van der Waals surface area contributed by atoms with Crippen molar-refractivity contribution in [2.24, 2.45) is 5.73 Å². The summed E-state index contributed by atoms with van der Waals surface area (Å²) in [6.07, 6.45) is 1.96. The second kappa shape index (κ2) is 7.88. The minimum atomic E-state index is -0.319. The van der Waals surface area contributed by atoms with E-state index in [4.69, 9.17) is 5.73 Å². The van der Waals surface area contributed by atoms with Crippen molar-refractivity contribution in [1.29, 1.82) is 0 Å². The van der Waals surface area contributed by atoms with Gasteiger partial charge in [-0.05, 0) is 6.26 Å². The molecule has 0 rings (SSSR count). The number of hydrogen-bond donors (Lipinski definition) is 3. The summed E-state index contributed by atoms with van der Waals surface area (Å²) in [6.45, 7) is 0.543. The van der Waals surface area contributed by atoms with Gasteiger partial charge in [-0.2, -0.15) is 11.8 Å². The number of nitrogens with two attached hydrogens (primary N) is 1.